The van der Waals surface area contributed by atoms with Crippen molar-refractivity contribution >= 4 is 33.5 Å². The number of nitrogens with one attached hydrogen (secondary N) is 2. The highest BCUT2D eigenvalue weighted by atomic mass is 79.9. The number of nitriles is 1. The fraction of sp³-hybridized carbons (Fsp3) is 0.0833. The van der Waals surface area contributed by atoms with Gasteiger partial charge in [-0.05, 0) is 24.3 Å². The summed E-state index contributed by atoms with van der Waals surface area (Å²) >= 11 is 3.26. The minimum absolute atomic E-state index is 0.204. The predicted molar refractivity (Wildman–Crippen MR) is 72.1 cm³/mol. The van der Waals surface area contributed by atoms with Gasteiger partial charge in [-0.25, -0.2) is 0 Å². The van der Waals surface area contributed by atoms with Crippen LogP contribution in [0.4, 0.5) is 5.69 Å². The number of hydrogen-bond donors (Lipinski definition) is 3. The molecule has 98 valence electrons. The maximum Gasteiger partial charge on any atom is 0.322 e. The topological polar surface area (TPSA) is 102 Å². The average Bonchev–Trinajstić information content (AvgIpc) is 2.37. The van der Waals surface area contributed by atoms with Crippen molar-refractivity contribution in [3.05, 3.63) is 40.5 Å². The highest BCUT2D eigenvalue weighted by Gasteiger charge is 2.09. The molecule has 7 heteroatoms. The highest BCUT2D eigenvalue weighted by Crippen LogP contribution is 2.14. The largest absolute Gasteiger partial charge is 0.480 e. The molecule has 1 rings (SSSR count). The summed E-state index contributed by atoms with van der Waals surface area (Å²) in [5, 5.41) is 22.1. The van der Waals surface area contributed by atoms with E-state index in [1.54, 1.807) is 30.3 Å². The molecule has 0 aromatic heterocycles. The number of benzene rings is 1. The zero-order valence-electron chi connectivity index (χ0n) is 9.68. The molecule has 6 nitrogen and oxygen atoms in total. The van der Waals surface area contributed by atoms with Crippen molar-refractivity contribution in [1.29, 1.82) is 5.26 Å². The lowest BCUT2D eigenvalue weighted by atomic mass is 10.2. The minimum Gasteiger partial charge on any atom is -0.480 e. The zero-order valence-corrected chi connectivity index (χ0v) is 11.3. The molecule has 0 atom stereocenters. The van der Waals surface area contributed by atoms with Crippen LogP contribution in [0.5, 0.6) is 0 Å². The van der Waals surface area contributed by atoms with E-state index in [1.165, 1.54) is 0 Å². The van der Waals surface area contributed by atoms with Gasteiger partial charge in [0.15, 0.2) is 0 Å². The van der Waals surface area contributed by atoms with Crippen LogP contribution in [0.25, 0.3) is 0 Å². The first kappa shape index (κ1) is 14.7. The first-order valence-electron chi connectivity index (χ1n) is 5.15. The fourth-order valence-electron chi connectivity index (χ4n) is 1.12. The molecule has 1 aromatic rings. The van der Waals surface area contributed by atoms with E-state index in [-0.39, 0.29) is 12.1 Å². The van der Waals surface area contributed by atoms with E-state index < -0.39 is 11.9 Å². The Bertz CT molecular complexity index is 546. The van der Waals surface area contributed by atoms with E-state index in [0.717, 1.165) is 10.7 Å². The monoisotopic (exact) mass is 323 g/mol. The minimum atomic E-state index is -1.08. The molecule has 0 aliphatic carbocycles. The lowest BCUT2D eigenvalue weighted by Gasteiger charge is -2.04. The Morgan fingerprint density at radius 3 is 2.53 bits per heavy atom. The van der Waals surface area contributed by atoms with Gasteiger partial charge >= 0.3 is 5.97 Å². The number of halogens is 1. The molecule has 0 unspecified atom stereocenters. The SMILES string of the molecule is N#C/C(=C/NCC(=O)O)C(=O)Nc1ccc(Br)cc1. The molecule has 0 radical (unpaired) electrons. The van der Waals surface area contributed by atoms with Gasteiger partial charge in [0.05, 0.1) is 0 Å². The van der Waals surface area contributed by atoms with E-state index in [1.807, 2.05) is 0 Å². The van der Waals surface area contributed by atoms with Gasteiger partial charge in [0.25, 0.3) is 5.91 Å². The highest BCUT2D eigenvalue weighted by molar-refractivity contribution is 9.10. The number of amides is 1. The van der Waals surface area contributed by atoms with Crippen molar-refractivity contribution in [2.75, 3.05) is 11.9 Å². The lowest BCUT2D eigenvalue weighted by Crippen LogP contribution is -2.20. The van der Waals surface area contributed by atoms with Crippen LogP contribution < -0.4 is 10.6 Å². The fourth-order valence-corrected chi connectivity index (χ4v) is 1.38. The molecule has 0 saturated carbocycles. The molecular weight excluding hydrogens is 314 g/mol. The third kappa shape index (κ3) is 5.23. The molecule has 0 aliphatic heterocycles. The molecule has 0 fully saturated rings. The van der Waals surface area contributed by atoms with Gasteiger partial charge in [-0.2, -0.15) is 5.26 Å². The number of carbonyl (C=O) groups excluding carboxylic acids is 1. The van der Waals surface area contributed by atoms with Crippen LogP contribution in [-0.4, -0.2) is 23.5 Å². The van der Waals surface area contributed by atoms with Crippen molar-refractivity contribution in [2.24, 2.45) is 0 Å². The Labute approximate surface area is 117 Å². The van der Waals surface area contributed by atoms with Crippen LogP contribution in [0.1, 0.15) is 0 Å². The summed E-state index contributed by atoms with van der Waals surface area (Å²) in [5.41, 5.74) is 0.330. The Morgan fingerprint density at radius 2 is 2.00 bits per heavy atom. The third-order valence-electron chi connectivity index (χ3n) is 1.97. The van der Waals surface area contributed by atoms with Crippen molar-refractivity contribution in [3.63, 3.8) is 0 Å². The molecule has 0 saturated heterocycles. The van der Waals surface area contributed by atoms with Crippen LogP contribution in [0.2, 0.25) is 0 Å². The number of aliphatic carboxylic acids is 1. The van der Waals surface area contributed by atoms with Crippen molar-refractivity contribution < 1.29 is 14.7 Å². The van der Waals surface area contributed by atoms with Crippen LogP contribution in [0.15, 0.2) is 40.5 Å². The Hall–Kier alpha value is -2.33. The zero-order chi connectivity index (χ0) is 14.3. The van der Waals surface area contributed by atoms with Gasteiger partial charge < -0.3 is 15.7 Å². The summed E-state index contributed by atoms with van der Waals surface area (Å²) in [4.78, 5) is 22.0. The first-order valence-corrected chi connectivity index (χ1v) is 5.94. The summed E-state index contributed by atoms with van der Waals surface area (Å²) in [5.74, 6) is -1.69. The number of nitrogens with zero attached hydrogens (tertiary/aromatic N) is 1. The Morgan fingerprint density at radius 1 is 1.37 bits per heavy atom. The van der Waals surface area contributed by atoms with E-state index >= 15 is 0 Å². The average molecular weight is 324 g/mol. The van der Waals surface area contributed by atoms with Gasteiger partial charge in [-0.15, -0.1) is 0 Å². The van der Waals surface area contributed by atoms with Gasteiger partial charge in [0, 0.05) is 16.4 Å². The van der Waals surface area contributed by atoms with Crippen LogP contribution in [0, 0.1) is 11.3 Å². The summed E-state index contributed by atoms with van der Waals surface area (Å²) in [6.45, 7) is -0.364. The number of hydrogen-bond acceptors (Lipinski definition) is 4. The Balaban J connectivity index is 2.66. The summed E-state index contributed by atoms with van der Waals surface area (Å²) in [7, 11) is 0. The predicted octanol–water partition coefficient (Wildman–Crippen LogP) is 1.47. The quantitative estimate of drug-likeness (QED) is 0.562. The van der Waals surface area contributed by atoms with Crippen molar-refractivity contribution in [2.45, 2.75) is 0 Å². The van der Waals surface area contributed by atoms with Gasteiger partial charge in [0.2, 0.25) is 0 Å². The second-order valence-electron chi connectivity index (χ2n) is 3.41. The molecular formula is C12H10BrN3O3. The molecule has 0 aliphatic rings. The maximum atomic E-state index is 11.7. The van der Waals surface area contributed by atoms with Crippen molar-refractivity contribution in [1.82, 2.24) is 5.32 Å². The summed E-state index contributed by atoms with van der Waals surface area (Å²) in [6.07, 6.45) is 1.07. The molecule has 1 amide bonds. The number of carboxylic acids is 1. The molecule has 19 heavy (non-hydrogen) atoms. The van der Waals surface area contributed by atoms with Gasteiger partial charge in [-0.3, -0.25) is 9.59 Å². The second-order valence-corrected chi connectivity index (χ2v) is 4.32. The lowest BCUT2D eigenvalue weighted by molar-refractivity contribution is -0.135. The normalized spacial score (nSPS) is 10.4. The summed E-state index contributed by atoms with van der Waals surface area (Å²) < 4.78 is 0.865. The molecule has 3 N–H and O–H groups in total. The number of carboxylic acid groups (broad SMARTS) is 1. The molecule has 0 spiro atoms. The second kappa shape index (κ2) is 7.18. The first-order chi connectivity index (χ1) is 9.02. The summed E-state index contributed by atoms with van der Waals surface area (Å²) in [6, 6.07) is 8.52. The van der Waals surface area contributed by atoms with E-state index in [2.05, 4.69) is 26.6 Å². The van der Waals surface area contributed by atoms with Gasteiger partial charge in [-0.1, -0.05) is 15.9 Å². The number of rotatable bonds is 5. The van der Waals surface area contributed by atoms with Crippen LogP contribution in [0.3, 0.4) is 0 Å². The Kier molecular flexibility index (Phi) is 5.57. The van der Waals surface area contributed by atoms with Gasteiger partial charge in [0.1, 0.15) is 18.2 Å². The maximum absolute atomic E-state index is 11.7. The molecule has 0 heterocycles. The molecule has 0 bridgehead atoms. The van der Waals surface area contributed by atoms with E-state index in [4.69, 9.17) is 10.4 Å². The van der Waals surface area contributed by atoms with Crippen LogP contribution in [-0.2, 0) is 9.59 Å². The molecule has 1 aromatic carbocycles. The smallest absolute Gasteiger partial charge is 0.322 e. The van der Waals surface area contributed by atoms with E-state index in [9.17, 15) is 9.59 Å². The number of anilines is 1. The third-order valence-corrected chi connectivity index (χ3v) is 2.50. The standard InChI is InChI=1S/C12H10BrN3O3/c13-9-1-3-10(4-2-9)16-12(19)8(5-14)6-15-7-11(17)18/h1-4,6,15H,7H2,(H,16,19)(H,17,18)/b8-6-. The number of carbonyl (C=O) groups is 2. The van der Waals surface area contributed by atoms with E-state index in [0.29, 0.717) is 5.69 Å². The van der Waals surface area contributed by atoms with Crippen LogP contribution >= 0.6 is 15.9 Å². The van der Waals surface area contributed by atoms with Crippen molar-refractivity contribution in [3.8, 4) is 6.07 Å².